The van der Waals surface area contributed by atoms with E-state index in [4.69, 9.17) is 5.73 Å². The summed E-state index contributed by atoms with van der Waals surface area (Å²) in [5, 5.41) is 4.87. The van der Waals surface area contributed by atoms with Gasteiger partial charge in [-0.1, -0.05) is 6.92 Å². The standard InChI is InChI=1S/C14H16F3N3O/c1-2-12-8(4-3-5-18)14(21)20(19-12)13-7-10(16)9(15)6-11(13)17/h6-8H,2-5,18H2,1H3. The van der Waals surface area contributed by atoms with E-state index in [0.717, 1.165) is 5.01 Å². The van der Waals surface area contributed by atoms with Crippen LogP contribution in [0.4, 0.5) is 18.9 Å². The van der Waals surface area contributed by atoms with E-state index in [1.165, 1.54) is 0 Å². The number of hydrogen-bond donors (Lipinski definition) is 1. The van der Waals surface area contributed by atoms with Crippen molar-refractivity contribution in [1.29, 1.82) is 0 Å². The normalized spacial score (nSPS) is 18.3. The molecule has 0 fully saturated rings. The van der Waals surface area contributed by atoms with Crippen molar-refractivity contribution in [3.63, 3.8) is 0 Å². The molecule has 1 unspecified atom stereocenters. The van der Waals surface area contributed by atoms with Gasteiger partial charge in [0.2, 0.25) is 0 Å². The average Bonchev–Trinajstić information content (AvgIpc) is 2.77. The van der Waals surface area contributed by atoms with Crippen LogP contribution in [0.1, 0.15) is 26.2 Å². The van der Waals surface area contributed by atoms with E-state index >= 15 is 0 Å². The monoisotopic (exact) mass is 299 g/mol. The topological polar surface area (TPSA) is 58.7 Å². The van der Waals surface area contributed by atoms with E-state index in [2.05, 4.69) is 5.10 Å². The molecule has 0 aliphatic carbocycles. The van der Waals surface area contributed by atoms with Gasteiger partial charge in [0, 0.05) is 12.1 Å². The summed E-state index contributed by atoms with van der Waals surface area (Å²) in [6.45, 7) is 2.26. The van der Waals surface area contributed by atoms with Crippen molar-refractivity contribution in [1.82, 2.24) is 0 Å². The van der Waals surface area contributed by atoms with Gasteiger partial charge in [0.25, 0.3) is 5.91 Å². The summed E-state index contributed by atoms with van der Waals surface area (Å²) in [7, 11) is 0. The molecule has 0 bridgehead atoms. The number of nitrogens with zero attached hydrogens (tertiary/aromatic N) is 2. The molecule has 0 spiro atoms. The van der Waals surface area contributed by atoms with Crippen molar-refractivity contribution in [2.75, 3.05) is 11.6 Å². The molecule has 1 heterocycles. The summed E-state index contributed by atoms with van der Waals surface area (Å²) in [5.74, 6) is -4.47. The van der Waals surface area contributed by atoms with Crippen molar-refractivity contribution in [3.05, 3.63) is 29.6 Å². The highest BCUT2D eigenvalue weighted by molar-refractivity contribution is 6.15. The van der Waals surface area contributed by atoms with Gasteiger partial charge in [-0.25, -0.2) is 13.2 Å². The van der Waals surface area contributed by atoms with Gasteiger partial charge in [-0.05, 0) is 25.8 Å². The van der Waals surface area contributed by atoms with Crippen LogP contribution in [0.5, 0.6) is 0 Å². The Balaban J connectivity index is 2.35. The minimum Gasteiger partial charge on any atom is -0.330 e. The highest BCUT2D eigenvalue weighted by Crippen LogP contribution is 2.30. The Morgan fingerprint density at radius 1 is 1.24 bits per heavy atom. The summed E-state index contributed by atoms with van der Waals surface area (Å²) in [6.07, 6.45) is 1.65. The number of amides is 1. The molecule has 1 aromatic carbocycles. The largest absolute Gasteiger partial charge is 0.330 e. The van der Waals surface area contributed by atoms with Gasteiger partial charge in [-0.15, -0.1) is 0 Å². The first-order valence-corrected chi connectivity index (χ1v) is 6.75. The van der Waals surface area contributed by atoms with Crippen LogP contribution in [0.3, 0.4) is 0 Å². The van der Waals surface area contributed by atoms with Gasteiger partial charge in [0.05, 0.1) is 11.6 Å². The van der Waals surface area contributed by atoms with Crippen molar-refractivity contribution in [2.45, 2.75) is 26.2 Å². The Bertz CT molecular complexity index is 589. The molecule has 0 aromatic heterocycles. The van der Waals surface area contributed by atoms with Crippen molar-refractivity contribution in [2.24, 2.45) is 16.8 Å². The van der Waals surface area contributed by atoms with Crippen LogP contribution in [0.2, 0.25) is 0 Å². The maximum atomic E-state index is 13.8. The van der Waals surface area contributed by atoms with Crippen LogP contribution >= 0.6 is 0 Å². The van der Waals surface area contributed by atoms with Gasteiger partial charge in [-0.2, -0.15) is 10.1 Å². The lowest BCUT2D eigenvalue weighted by Crippen LogP contribution is -2.28. The smallest absolute Gasteiger partial charge is 0.256 e. The third-order valence-corrected chi connectivity index (χ3v) is 3.41. The van der Waals surface area contributed by atoms with Crippen LogP contribution < -0.4 is 10.7 Å². The Labute approximate surface area is 120 Å². The second-order valence-corrected chi connectivity index (χ2v) is 4.80. The molecule has 1 aliphatic rings. The fourth-order valence-electron chi connectivity index (χ4n) is 2.31. The van der Waals surface area contributed by atoms with Crippen LogP contribution in [-0.2, 0) is 4.79 Å². The first kappa shape index (κ1) is 15.5. The second kappa shape index (κ2) is 6.26. The third-order valence-electron chi connectivity index (χ3n) is 3.41. The number of carbonyl (C=O) groups is 1. The van der Waals surface area contributed by atoms with E-state index in [0.29, 0.717) is 43.7 Å². The summed E-state index contributed by atoms with van der Waals surface area (Å²) < 4.78 is 40.0. The lowest BCUT2D eigenvalue weighted by atomic mass is 9.96. The highest BCUT2D eigenvalue weighted by Gasteiger charge is 2.36. The molecule has 2 N–H and O–H groups in total. The zero-order valence-electron chi connectivity index (χ0n) is 11.6. The summed E-state index contributed by atoms with van der Waals surface area (Å²) >= 11 is 0. The molecule has 21 heavy (non-hydrogen) atoms. The van der Waals surface area contributed by atoms with E-state index < -0.39 is 29.3 Å². The van der Waals surface area contributed by atoms with E-state index in [9.17, 15) is 18.0 Å². The fourth-order valence-corrected chi connectivity index (χ4v) is 2.31. The molecule has 7 heteroatoms. The molecule has 114 valence electrons. The Morgan fingerprint density at radius 2 is 1.90 bits per heavy atom. The first-order chi connectivity index (χ1) is 9.99. The second-order valence-electron chi connectivity index (χ2n) is 4.80. The molecular formula is C14H16F3N3O. The molecule has 1 aliphatic heterocycles. The lowest BCUT2D eigenvalue weighted by Gasteiger charge is -2.15. The number of hydrazone groups is 1. The number of rotatable bonds is 5. The van der Waals surface area contributed by atoms with Gasteiger partial charge in [0.15, 0.2) is 17.5 Å². The number of carbonyl (C=O) groups excluding carboxylic acids is 1. The van der Waals surface area contributed by atoms with Crippen molar-refractivity contribution < 1.29 is 18.0 Å². The van der Waals surface area contributed by atoms with Gasteiger partial charge >= 0.3 is 0 Å². The molecule has 1 aromatic rings. The average molecular weight is 299 g/mol. The van der Waals surface area contributed by atoms with Gasteiger partial charge in [-0.3, -0.25) is 4.79 Å². The van der Waals surface area contributed by atoms with Gasteiger partial charge < -0.3 is 5.73 Å². The molecule has 0 saturated heterocycles. The van der Waals surface area contributed by atoms with E-state index in [-0.39, 0.29) is 5.69 Å². The number of benzene rings is 1. The van der Waals surface area contributed by atoms with E-state index in [1.807, 2.05) is 6.92 Å². The van der Waals surface area contributed by atoms with Crippen LogP contribution in [-0.4, -0.2) is 18.2 Å². The predicted molar refractivity (Wildman–Crippen MR) is 73.3 cm³/mol. The molecule has 2 rings (SSSR count). The Kier molecular flexibility index (Phi) is 4.62. The van der Waals surface area contributed by atoms with Crippen LogP contribution in [0.15, 0.2) is 17.2 Å². The fraction of sp³-hybridized carbons (Fsp3) is 0.429. The molecule has 0 radical (unpaired) electrons. The molecule has 0 saturated carbocycles. The number of anilines is 1. The highest BCUT2D eigenvalue weighted by atomic mass is 19.2. The first-order valence-electron chi connectivity index (χ1n) is 6.75. The number of nitrogens with two attached hydrogens (primary N) is 1. The molecule has 1 amide bonds. The van der Waals surface area contributed by atoms with Crippen LogP contribution in [0, 0.1) is 23.4 Å². The number of hydrogen-bond acceptors (Lipinski definition) is 3. The molecule has 1 atom stereocenters. The lowest BCUT2D eigenvalue weighted by molar-refractivity contribution is -0.120. The SMILES string of the molecule is CCC1=NN(c2cc(F)c(F)cc2F)C(=O)C1CCCN. The minimum atomic E-state index is -1.30. The molecular weight excluding hydrogens is 283 g/mol. The minimum absolute atomic E-state index is 0.375. The van der Waals surface area contributed by atoms with E-state index in [1.54, 1.807) is 0 Å². The Hall–Kier alpha value is -1.89. The maximum absolute atomic E-state index is 13.8. The maximum Gasteiger partial charge on any atom is 0.256 e. The van der Waals surface area contributed by atoms with Crippen molar-refractivity contribution >= 4 is 17.3 Å². The summed E-state index contributed by atoms with van der Waals surface area (Å²) in [5.41, 5.74) is 5.65. The van der Waals surface area contributed by atoms with Crippen LogP contribution in [0.25, 0.3) is 0 Å². The zero-order valence-corrected chi connectivity index (χ0v) is 11.6. The quantitative estimate of drug-likeness (QED) is 0.850. The summed E-state index contributed by atoms with van der Waals surface area (Å²) in [4.78, 5) is 12.3. The zero-order chi connectivity index (χ0) is 15.6. The summed E-state index contributed by atoms with van der Waals surface area (Å²) in [6, 6.07) is 1.05. The third kappa shape index (κ3) is 2.92. The number of halogens is 3. The Morgan fingerprint density at radius 3 is 2.52 bits per heavy atom. The van der Waals surface area contributed by atoms with Crippen molar-refractivity contribution in [3.8, 4) is 0 Å². The molecule has 4 nitrogen and oxygen atoms in total. The van der Waals surface area contributed by atoms with Gasteiger partial charge in [0.1, 0.15) is 5.69 Å². The predicted octanol–water partition coefficient (Wildman–Crippen LogP) is 2.57.